The van der Waals surface area contributed by atoms with Gasteiger partial charge in [-0.2, -0.15) is 0 Å². The van der Waals surface area contributed by atoms with Crippen molar-refractivity contribution in [3.8, 4) is 68.8 Å². The van der Waals surface area contributed by atoms with Gasteiger partial charge in [0.15, 0.2) is 0 Å². The first kappa shape index (κ1) is 50.4. The number of benzene rings is 4. The molecule has 380 valence electrons. The van der Waals surface area contributed by atoms with Gasteiger partial charge in [-0.25, -0.2) is 9.97 Å². The van der Waals surface area contributed by atoms with E-state index in [1.165, 1.54) is 0 Å². The Morgan fingerprint density at radius 1 is 0.269 bits per heavy atom. The summed E-state index contributed by atoms with van der Waals surface area (Å²) in [7, 11) is 0. The van der Waals surface area contributed by atoms with Crippen LogP contribution in [0.2, 0.25) is 10.0 Å². The summed E-state index contributed by atoms with van der Waals surface area (Å²) in [6.45, 7) is 1.72. The van der Waals surface area contributed by atoms with Gasteiger partial charge in [0.2, 0.25) is 0 Å². The van der Waals surface area contributed by atoms with Gasteiger partial charge >= 0.3 is 0 Å². The van der Waals surface area contributed by atoms with Crippen molar-refractivity contribution >= 4 is 48.1 Å². The second kappa shape index (κ2) is 24.3. The fourth-order valence-electron chi connectivity index (χ4n) is 7.97. The molecule has 0 atom stereocenters. The molecule has 0 N–H and O–H groups in total. The van der Waals surface area contributed by atoms with Crippen molar-refractivity contribution in [2.24, 2.45) is 20.0 Å². The molecule has 0 saturated carbocycles. The Balaban J connectivity index is 0.800. The predicted octanol–water partition coefficient (Wildman–Crippen LogP) is 14.7. The van der Waals surface area contributed by atoms with Crippen LogP contribution < -0.4 is 18.9 Å². The average Bonchev–Trinajstić information content (AvgIpc) is 3.45. The van der Waals surface area contributed by atoms with E-state index in [1.54, 1.807) is 98.2 Å². The minimum atomic E-state index is 0.429. The smallest absolute Gasteiger partial charge is 0.131 e. The Labute approximate surface area is 459 Å². The molecule has 20 bridgehead atoms. The maximum absolute atomic E-state index is 6.49. The lowest BCUT2D eigenvalue weighted by Crippen LogP contribution is -1.95. The summed E-state index contributed by atoms with van der Waals surface area (Å²) in [4.78, 5) is 46.1. The molecule has 78 heavy (non-hydrogen) atoms. The summed E-state index contributed by atoms with van der Waals surface area (Å²) < 4.78 is 24.9. The molecule has 0 unspecified atom stereocenters. The zero-order valence-corrected chi connectivity index (χ0v) is 43.0. The zero-order valence-electron chi connectivity index (χ0n) is 41.5. The van der Waals surface area contributed by atoms with Crippen LogP contribution in [0.5, 0.6) is 46.0 Å². The third kappa shape index (κ3) is 13.9. The SMILES string of the molecule is Clc1cc2nc(c1)C=NCc1ccc(cc1)Oc1ccnc(c1)-c1cc(ccn1)Oc1ccc(cc1)CN=Cc1cc(Cl)cc(n1)C=NCc1ccc(cc1)Oc1ccnc(c1)-c1cc(ccn1)Oc1ccc(cc1)CN=C2. The van der Waals surface area contributed by atoms with E-state index < -0.39 is 0 Å². The van der Waals surface area contributed by atoms with Gasteiger partial charge in [0.05, 0.1) is 71.7 Å². The molecule has 16 heteroatoms. The number of rotatable bonds is 0. The van der Waals surface area contributed by atoms with Gasteiger partial charge in [-0.1, -0.05) is 71.7 Å². The lowest BCUT2D eigenvalue weighted by Gasteiger charge is -2.09. The quantitative estimate of drug-likeness (QED) is 0.143. The second-order valence-electron chi connectivity index (χ2n) is 17.6. The number of halogens is 2. The van der Waals surface area contributed by atoms with Gasteiger partial charge in [-0.15, -0.1) is 0 Å². The fraction of sp³-hybridized carbons (Fsp3) is 0.0645. The molecule has 4 aromatic carbocycles. The van der Waals surface area contributed by atoms with Crippen molar-refractivity contribution in [1.29, 1.82) is 0 Å². The molecule has 0 aliphatic carbocycles. The van der Waals surface area contributed by atoms with Crippen molar-refractivity contribution in [2.75, 3.05) is 0 Å². The molecule has 7 aliphatic heterocycles. The average molecular weight is 1060 g/mol. The lowest BCUT2D eigenvalue weighted by molar-refractivity contribution is 0.480. The van der Waals surface area contributed by atoms with E-state index in [0.29, 0.717) is 128 Å². The van der Waals surface area contributed by atoms with Crippen molar-refractivity contribution in [2.45, 2.75) is 26.2 Å². The highest BCUT2D eigenvalue weighted by Crippen LogP contribution is 2.31. The summed E-state index contributed by atoms with van der Waals surface area (Å²) >= 11 is 13.0. The molecule has 6 aromatic heterocycles. The minimum absolute atomic E-state index is 0.429. The van der Waals surface area contributed by atoms with Crippen LogP contribution in [0.3, 0.4) is 0 Å². The monoisotopic (exact) mass is 1060 g/mol. The largest absolute Gasteiger partial charge is 0.457 e. The normalized spacial score (nSPS) is 12.7. The van der Waals surface area contributed by atoms with Crippen LogP contribution in [0.15, 0.2) is 215 Å². The van der Waals surface area contributed by atoms with Crippen molar-refractivity contribution in [3.63, 3.8) is 0 Å². The molecule has 13 heterocycles. The number of ether oxygens (including phenoxy) is 4. The Hall–Kier alpha value is -9.76. The maximum Gasteiger partial charge on any atom is 0.131 e. The number of aromatic nitrogens is 6. The van der Waals surface area contributed by atoms with Crippen molar-refractivity contribution in [1.82, 2.24) is 29.9 Å². The maximum atomic E-state index is 6.49. The van der Waals surface area contributed by atoms with Gasteiger partial charge < -0.3 is 18.9 Å². The molecule has 0 spiro atoms. The summed E-state index contributed by atoms with van der Waals surface area (Å²) in [5.74, 6) is 5.07. The van der Waals surface area contributed by atoms with Crippen LogP contribution in [0, 0.1) is 0 Å². The van der Waals surface area contributed by atoms with Crippen LogP contribution in [-0.4, -0.2) is 54.8 Å². The third-order valence-electron chi connectivity index (χ3n) is 11.7. The van der Waals surface area contributed by atoms with Gasteiger partial charge in [-0.05, 0) is 119 Å². The molecule has 0 amide bonds. The van der Waals surface area contributed by atoms with Gasteiger partial charge in [0.25, 0.3) is 0 Å². The van der Waals surface area contributed by atoms with Gasteiger partial charge in [-0.3, -0.25) is 39.9 Å². The molecule has 0 radical (unpaired) electrons. The number of hydrogen-bond donors (Lipinski definition) is 0. The summed E-state index contributed by atoms with van der Waals surface area (Å²) in [6.07, 6.45) is 13.6. The molecular weight excluding hydrogens is 1020 g/mol. The molecular formula is C62H44Cl2N10O4. The Bertz CT molecular complexity index is 3350. The zero-order chi connectivity index (χ0) is 52.9. The Kier molecular flexibility index (Phi) is 15.7. The fourth-order valence-corrected chi connectivity index (χ4v) is 8.42. The first-order valence-corrected chi connectivity index (χ1v) is 25.3. The van der Waals surface area contributed by atoms with Gasteiger partial charge in [0, 0.05) is 84.0 Å². The van der Waals surface area contributed by atoms with Crippen LogP contribution in [0.25, 0.3) is 22.8 Å². The van der Waals surface area contributed by atoms with Gasteiger partial charge in [0.1, 0.15) is 46.0 Å². The van der Waals surface area contributed by atoms with E-state index in [2.05, 4.69) is 49.9 Å². The van der Waals surface area contributed by atoms with Crippen LogP contribution in [-0.2, 0) is 26.2 Å². The number of nitrogens with zero attached hydrogens (tertiary/aromatic N) is 10. The molecule has 0 fully saturated rings. The van der Waals surface area contributed by atoms with Crippen LogP contribution in [0.1, 0.15) is 45.0 Å². The highest BCUT2D eigenvalue weighted by Gasteiger charge is 2.11. The predicted molar refractivity (Wildman–Crippen MR) is 305 cm³/mol. The van der Waals surface area contributed by atoms with Crippen LogP contribution >= 0.6 is 23.2 Å². The lowest BCUT2D eigenvalue weighted by atomic mass is 10.2. The second-order valence-corrected chi connectivity index (χ2v) is 18.5. The third-order valence-corrected chi connectivity index (χ3v) is 12.2. The highest BCUT2D eigenvalue weighted by atomic mass is 35.5. The van der Waals surface area contributed by atoms with Crippen molar-refractivity contribution in [3.05, 3.63) is 250 Å². The summed E-state index contributed by atoms with van der Waals surface area (Å²) in [5, 5.41) is 1.06. The highest BCUT2D eigenvalue weighted by molar-refractivity contribution is 6.31. The molecule has 17 rings (SSSR count). The van der Waals surface area contributed by atoms with E-state index in [1.807, 2.05) is 121 Å². The standard InChI is InChI=1S/C62H44Cl2N10O4/c63-45-25-47-37-65-33-41-1-9-51(10-2-41)75-55-17-21-69-59(29-55)60-30-56(18-22-70-60)76-52-11-5-43(6-12-52)35-67-39-49-27-46(64)28-50(74-49)40-68-36-44-7-15-54(16-8-44)78-58-20-24-72-62(32-58)61-31-57(19-23-71-61)77-53-13-3-42(4-14-53)34-66-38-48(26-45)73-47/h1-32,37-40H,33-36H2. The molecule has 14 nitrogen and oxygen atoms in total. The first-order valence-electron chi connectivity index (χ1n) is 24.6. The van der Waals surface area contributed by atoms with E-state index in [9.17, 15) is 0 Å². The minimum Gasteiger partial charge on any atom is -0.457 e. The Morgan fingerprint density at radius 3 is 0.731 bits per heavy atom. The molecule has 10 aromatic rings. The van der Waals surface area contributed by atoms with E-state index >= 15 is 0 Å². The number of hydrogen-bond acceptors (Lipinski definition) is 14. The van der Waals surface area contributed by atoms with E-state index in [-0.39, 0.29) is 0 Å². The topological polar surface area (TPSA) is 164 Å². The van der Waals surface area contributed by atoms with E-state index in [4.69, 9.17) is 42.1 Å². The van der Waals surface area contributed by atoms with Crippen LogP contribution in [0.4, 0.5) is 0 Å². The summed E-state index contributed by atoms with van der Waals surface area (Å²) in [5.41, 5.74) is 8.94. The number of aliphatic imine (C=N–C) groups is 4. The Morgan fingerprint density at radius 2 is 0.500 bits per heavy atom. The summed E-state index contributed by atoms with van der Waals surface area (Å²) in [6, 6.07) is 52.6. The molecule has 0 saturated heterocycles. The molecule has 7 aliphatic rings. The van der Waals surface area contributed by atoms with Crippen molar-refractivity contribution < 1.29 is 18.9 Å². The first-order chi connectivity index (χ1) is 38.3. The van der Waals surface area contributed by atoms with E-state index in [0.717, 1.165) is 22.3 Å². The number of pyridine rings is 6.